The maximum atomic E-state index is 12.6. The van der Waals surface area contributed by atoms with Crippen molar-refractivity contribution < 1.29 is 5.11 Å². The number of aliphatic hydroxyl groups excluding tert-OH is 1. The molecule has 0 bridgehead atoms. The molecular weight excluding hydrogens is 420 g/mol. The zero-order chi connectivity index (χ0) is 23.2. The number of aryl methyl sites for hydroxylation is 3. The molecule has 1 aliphatic rings. The standard InChI is InChI=1S/C25H30N4O2S/c1-6-27-24(31)20-12-25(20,26)19-11-21(30)29(5)13-18(19)23-22(28-16(4)32-23)15(3)17-9-7-14(2)8-10-17/h7-11,13,20,24,27,31H,3,6,12,26H2,1-2,4-5H3. The summed E-state index contributed by atoms with van der Waals surface area (Å²) in [6.07, 6.45) is 1.72. The molecule has 168 valence electrons. The van der Waals surface area contributed by atoms with Gasteiger partial charge in [0.05, 0.1) is 15.6 Å². The smallest absolute Gasteiger partial charge is 0.250 e. The molecule has 1 saturated carbocycles. The van der Waals surface area contributed by atoms with Crippen molar-refractivity contribution in [2.45, 2.75) is 39.0 Å². The normalized spacial score (nSPS) is 20.9. The number of nitrogens with zero attached hydrogens (tertiary/aromatic N) is 2. The summed E-state index contributed by atoms with van der Waals surface area (Å²) in [5.41, 5.74) is 11.3. The van der Waals surface area contributed by atoms with Gasteiger partial charge in [-0.25, -0.2) is 4.98 Å². The van der Waals surface area contributed by atoms with Gasteiger partial charge in [-0.1, -0.05) is 43.3 Å². The Balaban J connectivity index is 1.84. The number of benzene rings is 1. The third-order valence-corrected chi connectivity index (χ3v) is 7.25. The Labute approximate surface area is 192 Å². The molecule has 0 radical (unpaired) electrons. The number of aliphatic hydroxyl groups is 1. The Hall–Kier alpha value is -2.58. The van der Waals surface area contributed by atoms with E-state index in [1.54, 1.807) is 29.0 Å². The van der Waals surface area contributed by atoms with E-state index in [2.05, 4.69) is 31.0 Å². The number of rotatable bonds is 7. The first-order valence-electron chi connectivity index (χ1n) is 10.8. The fourth-order valence-electron chi connectivity index (χ4n) is 4.26. The highest BCUT2D eigenvalue weighted by Crippen LogP contribution is 2.54. The molecule has 7 heteroatoms. The predicted octanol–water partition coefficient (Wildman–Crippen LogP) is 3.29. The SMILES string of the molecule is C=C(c1ccc(C)cc1)c1nc(C)sc1-c1cn(C)c(=O)cc1C1(N)CC1C(O)NCC. The average molecular weight is 451 g/mol. The van der Waals surface area contributed by atoms with Crippen molar-refractivity contribution in [2.24, 2.45) is 18.7 Å². The summed E-state index contributed by atoms with van der Waals surface area (Å²) in [5.74, 6) is -0.161. The average Bonchev–Trinajstić information content (AvgIpc) is 3.30. The number of hydrogen-bond acceptors (Lipinski definition) is 6. The zero-order valence-electron chi connectivity index (χ0n) is 19.0. The van der Waals surface area contributed by atoms with Crippen LogP contribution in [-0.2, 0) is 12.6 Å². The van der Waals surface area contributed by atoms with Crippen LogP contribution < -0.4 is 16.6 Å². The Morgan fingerprint density at radius 3 is 2.75 bits per heavy atom. The van der Waals surface area contributed by atoms with Crippen LogP contribution in [0.1, 0.15) is 40.7 Å². The molecular formula is C25H30N4O2S. The number of thiazole rings is 1. The Morgan fingerprint density at radius 2 is 2.09 bits per heavy atom. The molecule has 3 atom stereocenters. The van der Waals surface area contributed by atoms with Gasteiger partial charge in [0.25, 0.3) is 5.56 Å². The highest BCUT2D eigenvalue weighted by Gasteiger charge is 2.57. The van der Waals surface area contributed by atoms with E-state index in [-0.39, 0.29) is 11.5 Å². The number of nitrogens with two attached hydrogens (primary N) is 1. The van der Waals surface area contributed by atoms with E-state index in [1.165, 1.54) is 5.56 Å². The fourth-order valence-corrected chi connectivity index (χ4v) is 5.23. The van der Waals surface area contributed by atoms with Crippen molar-refractivity contribution in [3.05, 3.63) is 80.9 Å². The molecule has 1 aliphatic carbocycles. The van der Waals surface area contributed by atoms with Crippen LogP contribution in [0.3, 0.4) is 0 Å². The molecule has 0 spiro atoms. The second-order valence-electron chi connectivity index (χ2n) is 8.66. The lowest BCUT2D eigenvalue weighted by Gasteiger charge is -2.20. The third-order valence-electron chi connectivity index (χ3n) is 6.25. The summed E-state index contributed by atoms with van der Waals surface area (Å²) in [5, 5.41) is 14.4. The van der Waals surface area contributed by atoms with Gasteiger partial charge in [-0.2, -0.15) is 0 Å². The second-order valence-corrected chi connectivity index (χ2v) is 9.86. The summed E-state index contributed by atoms with van der Waals surface area (Å²) in [4.78, 5) is 18.3. The molecule has 2 heterocycles. The number of aromatic nitrogens is 2. The largest absolute Gasteiger partial charge is 0.378 e. The van der Waals surface area contributed by atoms with Crippen molar-refractivity contribution in [3.8, 4) is 10.4 Å². The second kappa shape index (κ2) is 8.41. The van der Waals surface area contributed by atoms with Crippen LogP contribution >= 0.6 is 11.3 Å². The van der Waals surface area contributed by atoms with Crippen molar-refractivity contribution in [3.63, 3.8) is 0 Å². The van der Waals surface area contributed by atoms with E-state index in [1.807, 2.05) is 32.2 Å². The molecule has 1 fully saturated rings. The van der Waals surface area contributed by atoms with Gasteiger partial charge in [0, 0.05) is 41.9 Å². The van der Waals surface area contributed by atoms with Gasteiger partial charge in [0.15, 0.2) is 0 Å². The van der Waals surface area contributed by atoms with E-state index in [0.29, 0.717) is 13.0 Å². The monoisotopic (exact) mass is 450 g/mol. The van der Waals surface area contributed by atoms with Crippen LogP contribution in [0.15, 0.2) is 47.9 Å². The van der Waals surface area contributed by atoms with Crippen molar-refractivity contribution in [1.29, 1.82) is 0 Å². The molecule has 32 heavy (non-hydrogen) atoms. The highest BCUT2D eigenvalue weighted by atomic mass is 32.1. The van der Waals surface area contributed by atoms with E-state index in [9.17, 15) is 9.90 Å². The molecule has 3 aromatic rings. The number of pyridine rings is 1. The van der Waals surface area contributed by atoms with Gasteiger partial charge in [-0.15, -0.1) is 11.3 Å². The molecule has 2 aromatic heterocycles. The minimum absolute atomic E-state index is 0.127. The molecule has 6 nitrogen and oxygen atoms in total. The van der Waals surface area contributed by atoms with E-state index >= 15 is 0 Å². The van der Waals surface area contributed by atoms with E-state index in [0.717, 1.165) is 37.8 Å². The summed E-state index contributed by atoms with van der Waals surface area (Å²) in [6, 6.07) is 9.82. The predicted molar refractivity (Wildman–Crippen MR) is 130 cm³/mol. The van der Waals surface area contributed by atoms with Crippen LogP contribution in [0.25, 0.3) is 16.0 Å². The van der Waals surface area contributed by atoms with Gasteiger partial charge in [-0.05, 0) is 37.9 Å². The lowest BCUT2D eigenvalue weighted by molar-refractivity contribution is 0.108. The van der Waals surface area contributed by atoms with Crippen molar-refractivity contribution in [2.75, 3.05) is 6.54 Å². The Bertz CT molecular complexity index is 1230. The quantitative estimate of drug-likeness (QED) is 0.481. The third kappa shape index (κ3) is 3.97. The lowest BCUT2D eigenvalue weighted by Crippen LogP contribution is -2.37. The Kier molecular flexibility index (Phi) is 5.94. The van der Waals surface area contributed by atoms with Crippen LogP contribution in [0.4, 0.5) is 0 Å². The van der Waals surface area contributed by atoms with Gasteiger partial charge in [0.1, 0.15) is 6.23 Å². The molecule has 4 rings (SSSR count). The van der Waals surface area contributed by atoms with Gasteiger partial charge in [0.2, 0.25) is 0 Å². The van der Waals surface area contributed by atoms with E-state index in [4.69, 9.17) is 10.7 Å². The first kappa shape index (κ1) is 22.6. The molecule has 0 amide bonds. The first-order valence-corrected chi connectivity index (χ1v) is 11.6. The zero-order valence-corrected chi connectivity index (χ0v) is 19.8. The van der Waals surface area contributed by atoms with Crippen LogP contribution in [0, 0.1) is 19.8 Å². The maximum absolute atomic E-state index is 12.6. The molecule has 4 N–H and O–H groups in total. The number of nitrogens with one attached hydrogen (secondary N) is 1. The topological polar surface area (TPSA) is 93.2 Å². The summed E-state index contributed by atoms with van der Waals surface area (Å²) in [6.45, 7) is 10.9. The van der Waals surface area contributed by atoms with Crippen molar-refractivity contribution in [1.82, 2.24) is 14.9 Å². The van der Waals surface area contributed by atoms with Gasteiger partial charge >= 0.3 is 0 Å². The van der Waals surface area contributed by atoms with Crippen LogP contribution in [0.2, 0.25) is 0 Å². The minimum atomic E-state index is -0.773. The highest BCUT2D eigenvalue weighted by molar-refractivity contribution is 7.15. The maximum Gasteiger partial charge on any atom is 0.250 e. The molecule has 1 aromatic carbocycles. The first-order chi connectivity index (χ1) is 15.2. The van der Waals surface area contributed by atoms with E-state index < -0.39 is 11.8 Å². The summed E-state index contributed by atoms with van der Waals surface area (Å²) < 4.78 is 1.56. The van der Waals surface area contributed by atoms with Crippen molar-refractivity contribution >= 4 is 16.9 Å². The fraction of sp³-hybridized carbons (Fsp3) is 0.360. The Morgan fingerprint density at radius 1 is 1.41 bits per heavy atom. The number of hydrogen-bond donors (Lipinski definition) is 3. The minimum Gasteiger partial charge on any atom is -0.378 e. The van der Waals surface area contributed by atoms with Gasteiger partial charge in [-0.3, -0.25) is 10.1 Å². The molecule has 0 aliphatic heterocycles. The molecule has 0 saturated heterocycles. The summed E-state index contributed by atoms with van der Waals surface area (Å²) >= 11 is 1.57. The molecule has 3 unspecified atom stereocenters. The van der Waals surface area contributed by atoms with Crippen LogP contribution in [0.5, 0.6) is 0 Å². The lowest BCUT2D eigenvalue weighted by atomic mass is 9.94. The van der Waals surface area contributed by atoms with Gasteiger partial charge < -0.3 is 15.4 Å². The summed E-state index contributed by atoms with van der Waals surface area (Å²) in [7, 11) is 1.74. The van der Waals surface area contributed by atoms with Crippen LogP contribution in [-0.4, -0.2) is 27.4 Å².